The maximum Gasteiger partial charge on any atom is 0.250 e. The van der Waals surface area contributed by atoms with E-state index in [1.165, 1.54) is 29.2 Å². The predicted octanol–water partition coefficient (Wildman–Crippen LogP) is 5.23. The first-order chi connectivity index (χ1) is 14.0. The molecule has 0 aliphatic heterocycles. The van der Waals surface area contributed by atoms with Crippen LogP contribution in [0.25, 0.3) is 6.08 Å². The number of aromatic nitrogens is 2. The van der Waals surface area contributed by atoms with Gasteiger partial charge in [-0.1, -0.05) is 76.6 Å². The van der Waals surface area contributed by atoms with Crippen LogP contribution < -0.4 is 10.6 Å². The van der Waals surface area contributed by atoms with Crippen molar-refractivity contribution in [2.24, 2.45) is 0 Å². The van der Waals surface area contributed by atoms with Crippen LogP contribution in [0.1, 0.15) is 5.56 Å². The molecule has 2 amide bonds. The summed E-state index contributed by atoms with van der Waals surface area (Å²) in [5.41, 5.74) is 1.48. The average Bonchev–Trinajstić information content (AvgIpc) is 3.16. The van der Waals surface area contributed by atoms with Gasteiger partial charge in [0.2, 0.25) is 16.9 Å². The van der Waals surface area contributed by atoms with Crippen molar-refractivity contribution in [3.05, 3.63) is 70.2 Å². The van der Waals surface area contributed by atoms with Crippen LogP contribution in [0.3, 0.4) is 0 Å². The monoisotopic (exact) mass is 464 g/mol. The zero-order chi connectivity index (χ0) is 20.6. The van der Waals surface area contributed by atoms with Gasteiger partial charge in [-0.05, 0) is 29.8 Å². The van der Waals surface area contributed by atoms with Crippen molar-refractivity contribution in [2.75, 3.05) is 16.4 Å². The minimum absolute atomic E-state index is 0.136. The maximum atomic E-state index is 12.1. The summed E-state index contributed by atoms with van der Waals surface area (Å²) in [5.74, 6) is -0.393. The third-order valence-electron chi connectivity index (χ3n) is 3.39. The molecule has 6 nitrogen and oxygen atoms in total. The van der Waals surface area contributed by atoms with Crippen molar-refractivity contribution in [1.29, 1.82) is 0 Å². The molecule has 0 aliphatic carbocycles. The number of hydrogen-bond donors (Lipinski definition) is 2. The molecular weight excluding hydrogens is 451 g/mol. The van der Waals surface area contributed by atoms with Crippen molar-refractivity contribution < 1.29 is 9.59 Å². The van der Waals surface area contributed by atoms with Crippen molar-refractivity contribution in [2.45, 2.75) is 4.34 Å². The molecule has 0 radical (unpaired) electrons. The smallest absolute Gasteiger partial charge is 0.250 e. The molecule has 0 saturated carbocycles. The van der Waals surface area contributed by atoms with Crippen LogP contribution in [0.5, 0.6) is 0 Å². The second kappa shape index (κ2) is 10.4. The highest BCUT2D eigenvalue weighted by Crippen LogP contribution is 2.27. The summed E-state index contributed by atoms with van der Waals surface area (Å²) in [4.78, 5) is 24.0. The Kier molecular flexibility index (Phi) is 7.65. The van der Waals surface area contributed by atoms with Crippen molar-refractivity contribution in [1.82, 2.24) is 10.2 Å². The summed E-state index contributed by atoms with van der Waals surface area (Å²) in [6, 6.07) is 14.3. The highest BCUT2D eigenvalue weighted by atomic mass is 35.5. The largest absolute Gasteiger partial charge is 0.325 e. The Hall–Kier alpha value is -2.39. The molecular formula is C19H14Cl2N4O2S2. The van der Waals surface area contributed by atoms with E-state index in [0.29, 0.717) is 25.2 Å². The third-order valence-corrected chi connectivity index (χ3v) is 6.10. The Bertz CT molecular complexity index is 1040. The molecule has 148 valence electrons. The minimum atomic E-state index is -0.307. The van der Waals surface area contributed by atoms with Gasteiger partial charge in [-0.3, -0.25) is 14.9 Å². The molecule has 1 heterocycles. The highest BCUT2D eigenvalue weighted by Gasteiger charge is 2.10. The molecule has 29 heavy (non-hydrogen) atoms. The number of thioether (sulfide) groups is 1. The lowest BCUT2D eigenvalue weighted by molar-refractivity contribution is -0.114. The van der Waals surface area contributed by atoms with E-state index in [0.717, 1.165) is 5.56 Å². The predicted molar refractivity (Wildman–Crippen MR) is 120 cm³/mol. The third kappa shape index (κ3) is 6.86. The summed E-state index contributed by atoms with van der Waals surface area (Å²) in [7, 11) is 0. The van der Waals surface area contributed by atoms with Crippen LogP contribution in [0.4, 0.5) is 10.8 Å². The SMILES string of the molecule is O=C(/C=C/c1ccccc1)Nc1nnc(SCC(=O)Nc2ccc(Cl)c(Cl)c2)s1. The number of carbonyl (C=O) groups is 2. The van der Waals surface area contributed by atoms with Crippen LogP contribution in [-0.2, 0) is 9.59 Å². The molecule has 10 heteroatoms. The van der Waals surface area contributed by atoms with E-state index in [-0.39, 0.29) is 17.6 Å². The van der Waals surface area contributed by atoms with Gasteiger partial charge in [0.05, 0.1) is 15.8 Å². The summed E-state index contributed by atoms with van der Waals surface area (Å²) >= 11 is 14.2. The van der Waals surface area contributed by atoms with Crippen LogP contribution in [0.2, 0.25) is 10.0 Å². The van der Waals surface area contributed by atoms with Gasteiger partial charge in [-0.2, -0.15) is 0 Å². The minimum Gasteiger partial charge on any atom is -0.325 e. The molecule has 0 saturated heterocycles. The number of amides is 2. The molecule has 0 unspecified atom stereocenters. The Morgan fingerprint density at radius 3 is 2.59 bits per heavy atom. The average molecular weight is 465 g/mol. The standard InChI is InChI=1S/C19H14Cl2N4O2S2/c20-14-8-7-13(10-15(14)21)22-17(27)11-28-19-25-24-18(29-19)23-16(26)9-6-12-4-2-1-3-5-12/h1-10H,11H2,(H,22,27)(H,23,24,26)/b9-6+. The number of nitrogens with one attached hydrogen (secondary N) is 2. The van der Waals surface area contributed by atoms with Crippen molar-refractivity contribution in [3.8, 4) is 0 Å². The summed E-state index contributed by atoms with van der Waals surface area (Å²) in [6.07, 6.45) is 3.13. The van der Waals surface area contributed by atoms with E-state index >= 15 is 0 Å². The van der Waals surface area contributed by atoms with Gasteiger partial charge in [-0.15, -0.1) is 10.2 Å². The first-order valence-electron chi connectivity index (χ1n) is 8.25. The van der Waals surface area contributed by atoms with Crippen molar-refractivity contribution >= 4 is 75.0 Å². The van der Waals surface area contributed by atoms with Gasteiger partial charge in [0.15, 0.2) is 4.34 Å². The van der Waals surface area contributed by atoms with Crippen LogP contribution in [0, 0.1) is 0 Å². The molecule has 0 bridgehead atoms. The molecule has 0 aliphatic rings. The first kappa shape index (κ1) is 21.3. The second-order valence-electron chi connectivity index (χ2n) is 5.57. The molecule has 2 N–H and O–H groups in total. The number of carbonyl (C=O) groups excluding carboxylic acids is 2. The molecule has 0 spiro atoms. The molecule has 3 aromatic rings. The molecule has 2 aromatic carbocycles. The quantitative estimate of drug-likeness (QED) is 0.284. The van der Waals surface area contributed by atoms with Gasteiger partial charge in [-0.25, -0.2) is 0 Å². The van der Waals surface area contributed by atoms with Crippen LogP contribution in [0.15, 0.2) is 58.9 Å². The molecule has 3 rings (SSSR count). The molecule has 0 fully saturated rings. The number of hydrogen-bond acceptors (Lipinski definition) is 6. The van der Waals surface area contributed by atoms with E-state index in [1.54, 1.807) is 24.3 Å². The topological polar surface area (TPSA) is 84.0 Å². The fraction of sp³-hybridized carbons (Fsp3) is 0.0526. The lowest BCUT2D eigenvalue weighted by Crippen LogP contribution is -2.13. The number of halogens is 2. The number of anilines is 2. The Morgan fingerprint density at radius 1 is 1.03 bits per heavy atom. The zero-order valence-electron chi connectivity index (χ0n) is 14.8. The Labute approximate surface area is 185 Å². The van der Waals surface area contributed by atoms with Gasteiger partial charge in [0.1, 0.15) is 0 Å². The van der Waals surface area contributed by atoms with Crippen molar-refractivity contribution in [3.63, 3.8) is 0 Å². The maximum absolute atomic E-state index is 12.1. The van der Waals surface area contributed by atoms with Gasteiger partial charge >= 0.3 is 0 Å². The van der Waals surface area contributed by atoms with E-state index in [4.69, 9.17) is 23.2 Å². The van der Waals surface area contributed by atoms with E-state index in [2.05, 4.69) is 20.8 Å². The van der Waals surface area contributed by atoms with Gasteiger partial charge < -0.3 is 5.32 Å². The highest BCUT2D eigenvalue weighted by molar-refractivity contribution is 8.01. The summed E-state index contributed by atoms with van der Waals surface area (Å²) in [6.45, 7) is 0. The Morgan fingerprint density at radius 2 is 1.83 bits per heavy atom. The number of rotatable bonds is 7. The Balaban J connectivity index is 1.47. The summed E-state index contributed by atoms with van der Waals surface area (Å²) in [5, 5.41) is 14.4. The van der Waals surface area contributed by atoms with E-state index in [1.807, 2.05) is 30.3 Å². The van der Waals surface area contributed by atoms with E-state index in [9.17, 15) is 9.59 Å². The number of benzene rings is 2. The lowest BCUT2D eigenvalue weighted by atomic mass is 10.2. The first-order valence-corrected chi connectivity index (χ1v) is 10.8. The molecule has 1 aromatic heterocycles. The van der Waals surface area contributed by atoms with Crippen LogP contribution >= 0.6 is 46.3 Å². The molecule has 0 atom stereocenters. The van der Waals surface area contributed by atoms with Crippen LogP contribution in [-0.4, -0.2) is 27.8 Å². The lowest BCUT2D eigenvalue weighted by Gasteiger charge is -2.05. The fourth-order valence-electron chi connectivity index (χ4n) is 2.10. The second-order valence-corrected chi connectivity index (χ2v) is 8.59. The zero-order valence-corrected chi connectivity index (χ0v) is 17.9. The number of nitrogens with zero attached hydrogens (tertiary/aromatic N) is 2. The van der Waals surface area contributed by atoms with E-state index < -0.39 is 0 Å². The fourth-order valence-corrected chi connectivity index (χ4v) is 3.95. The normalized spacial score (nSPS) is 10.8. The van der Waals surface area contributed by atoms with Gasteiger partial charge in [0.25, 0.3) is 0 Å². The summed E-state index contributed by atoms with van der Waals surface area (Å²) < 4.78 is 0.566. The van der Waals surface area contributed by atoms with Gasteiger partial charge in [0, 0.05) is 11.8 Å².